The summed E-state index contributed by atoms with van der Waals surface area (Å²) in [5, 5.41) is 14.1. The van der Waals surface area contributed by atoms with Crippen molar-refractivity contribution < 1.29 is 14.3 Å². The Bertz CT molecular complexity index is 493. The van der Waals surface area contributed by atoms with Gasteiger partial charge in [-0.05, 0) is 5.16 Å². The van der Waals surface area contributed by atoms with Crippen LogP contribution in [-0.2, 0) is 0 Å². The van der Waals surface area contributed by atoms with Gasteiger partial charge < -0.3 is 15.6 Å². The summed E-state index contributed by atoms with van der Waals surface area (Å²) in [7, 11) is 0. The summed E-state index contributed by atoms with van der Waals surface area (Å²) in [6, 6.07) is 8.39. The first-order valence-electron chi connectivity index (χ1n) is 4.15. The molecule has 0 atom stereocenters. The predicted molar refractivity (Wildman–Crippen MR) is 49.7 cm³/mol. The average molecular weight is 205 g/mol. The third-order valence-corrected chi connectivity index (χ3v) is 1.90. The Morgan fingerprint density at radius 2 is 2.07 bits per heavy atom. The Morgan fingerprint density at radius 1 is 1.40 bits per heavy atom. The third kappa shape index (κ3) is 1.52. The largest absolute Gasteiger partial charge is 0.391 e. The second-order valence-corrected chi connectivity index (χ2v) is 2.86. The molecule has 0 spiro atoms. The van der Waals surface area contributed by atoms with Crippen LogP contribution in [0.4, 0.5) is 5.82 Å². The summed E-state index contributed by atoms with van der Waals surface area (Å²) >= 11 is 0. The van der Waals surface area contributed by atoms with Crippen molar-refractivity contribution in [2.24, 2.45) is 0 Å². The topological polar surface area (TPSA) is 96.1 Å². The van der Waals surface area contributed by atoms with Crippen molar-refractivity contribution in [3.63, 3.8) is 0 Å². The van der Waals surface area contributed by atoms with Gasteiger partial charge in [0.2, 0.25) is 5.78 Å². The molecule has 1 heterocycles. The fraction of sp³-hybridized carbons (Fsp3) is 0. The van der Waals surface area contributed by atoms with Crippen molar-refractivity contribution in [3.8, 4) is 0 Å². The fourth-order valence-corrected chi connectivity index (χ4v) is 1.14. The molecule has 6 nitrogen and oxygen atoms in total. The first kappa shape index (κ1) is 9.20. The molecule has 2 N–H and O–H groups in total. The van der Waals surface area contributed by atoms with Gasteiger partial charge in [0.25, 0.3) is 5.69 Å². The number of aromatic nitrogens is 2. The van der Waals surface area contributed by atoms with Gasteiger partial charge in [-0.1, -0.05) is 35.2 Å². The molecule has 0 radical (unpaired) electrons. The van der Waals surface area contributed by atoms with Crippen molar-refractivity contribution in [1.82, 2.24) is 5.16 Å². The fourth-order valence-electron chi connectivity index (χ4n) is 1.14. The van der Waals surface area contributed by atoms with Gasteiger partial charge in [-0.15, -0.1) is 0 Å². The van der Waals surface area contributed by atoms with Crippen LogP contribution in [0.15, 0.2) is 35.0 Å². The molecule has 0 aliphatic rings. The minimum Gasteiger partial charge on any atom is -0.391 e. The van der Waals surface area contributed by atoms with Crippen LogP contribution in [0, 0.1) is 5.21 Å². The van der Waals surface area contributed by atoms with Crippen molar-refractivity contribution >= 4 is 11.6 Å². The number of hydrogen-bond acceptors (Lipinski definition) is 5. The number of carbonyl (C=O) groups excluding carboxylic acids is 1. The van der Waals surface area contributed by atoms with Crippen LogP contribution >= 0.6 is 0 Å². The van der Waals surface area contributed by atoms with Gasteiger partial charge in [-0.3, -0.25) is 4.79 Å². The highest BCUT2D eigenvalue weighted by Crippen LogP contribution is 2.10. The lowest BCUT2D eigenvalue weighted by Gasteiger charge is -1.93. The monoisotopic (exact) mass is 205 g/mol. The first-order valence-corrected chi connectivity index (χ1v) is 4.15. The molecule has 0 unspecified atom stereocenters. The van der Waals surface area contributed by atoms with Gasteiger partial charge >= 0.3 is 5.82 Å². The van der Waals surface area contributed by atoms with Crippen LogP contribution in [0.3, 0.4) is 0 Å². The van der Waals surface area contributed by atoms with E-state index in [-0.39, 0.29) is 16.4 Å². The zero-order chi connectivity index (χ0) is 10.8. The quantitative estimate of drug-likeness (QED) is 0.554. The summed E-state index contributed by atoms with van der Waals surface area (Å²) in [6.45, 7) is 0. The van der Waals surface area contributed by atoms with Crippen LogP contribution in [0.1, 0.15) is 16.1 Å². The zero-order valence-corrected chi connectivity index (χ0v) is 7.58. The molecule has 15 heavy (non-hydrogen) atoms. The summed E-state index contributed by atoms with van der Waals surface area (Å²) in [4.78, 5) is 11.7. The molecule has 76 valence electrons. The SMILES string of the molecule is Nc1c(C(=O)c2ccccc2)no[n+]1[O-]. The number of hydrogen-bond donors (Lipinski definition) is 1. The number of carbonyl (C=O) groups is 1. The number of benzene rings is 1. The van der Waals surface area contributed by atoms with Gasteiger partial charge in [-0.2, -0.15) is 0 Å². The summed E-state index contributed by atoms with van der Waals surface area (Å²) in [5.41, 5.74) is 5.55. The van der Waals surface area contributed by atoms with E-state index in [0.717, 1.165) is 0 Å². The first-order chi connectivity index (χ1) is 7.20. The smallest absolute Gasteiger partial charge is 0.303 e. The van der Waals surface area contributed by atoms with Crippen LogP contribution < -0.4 is 10.6 Å². The Balaban J connectivity index is 2.42. The highest BCUT2D eigenvalue weighted by atomic mass is 16.8. The summed E-state index contributed by atoms with van der Waals surface area (Å²) in [6.07, 6.45) is 0. The van der Waals surface area contributed by atoms with E-state index in [1.807, 2.05) is 0 Å². The van der Waals surface area contributed by atoms with E-state index in [1.54, 1.807) is 30.3 Å². The number of anilines is 1. The van der Waals surface area contributed by atoms with E-state index >= 15 is 0 Å². The number of nitrogen functional groups attached to an aromatic ring is 1. The second-order valence-electron chi connectivity index (χ2n) is 2.86. The maximum absolute atomic E-state index is 11.7. The number of nitrogens with zero attached hydrogens (tertiary/aromatic N) is 2. The number of nitrogens with two attached hydrogens (primary N) is 1. The standard InChI is InChI=1S/C9H7N3O3/c10-9-7(11-15-12(9)14)8(13)6-4-2-1-3-5-6/h1-5H,10H2. The predicted octanol–water partition coefficient (Wildman–Crippen LogP) is 0.121. The molecular formula is C9H7N3O3. The van der Waals surface area contributed by atoms with Crippen molar-refractivity contribution in [1.29, 1.82) is 0 Å². The molecule has 0 fully saturated rings. The molecule has 0 amide bonds. The van der Waals surface area contributed by atoms with Gasteiger partial charge in [0.1, 0.15) is 0 Å². The molecule has 0 aliphatic carbocycles. The number of rotatable bonds is 2. The van der Waals surface area contributed by atoms with E-state index in [1.165, 1.54) is 0 Å². The third-order valence-electron chi connectivity index (χ3n) is 1.90. The lowest BCUT2D eigenvalue weighted by molar-refractivity contribution is -0.790. The Kier molecular flexibility index (Phi) is 2.09. The van der Waals surface area contributed by atoms with Gasteiger partial charge in [-0.25, -0.2) is 0 Å². The minimum absolute atomic E-state index is 0.00380. The molecule has 2 aromatic rings. The van der Waals surface area contributed by atoms with Gasteiger partial charge in [0, 0.05) is 5.56 Å². The lowest BCUT2D eigenvalue weighted by Crippen LogP contribution is -2.27. The normalized spacial score (nSPS) is 10.1. The minimum atomic E-state index is -0.438. The molecule has 0 aliphatic heterocycles. The molecule has 1 aromatic heterocycles. The van der Waals surface area contributed by atoms with E-state index in [9.17, 15) is 10.0 Å². The van der Waals surface area contributed by atoms with Crippen molar-refractivity contribution in [2.45, 2.75) is 0 Å². The van der Waals surface area contributed by atoms with E-state index in [2.05, 4.69) is 9.79 Å². The highest BCUT2D eigenvalue weighted by molar-refractivity contribution is 6.09. The Hall–Kier alpha value is -2.37. The van der Waals surface area contributed by atoms with Gasteiger partial charge in [0.15, 0.2) is 0 Å². The van der Waals surface area contributed by atoms with Crippen LogP contribution in [0.25, 0.3) is 0 Å². The van der Waals surface area contributed by atoms with Crippen LogP contribution in [-0.4, -0.2) is 10.9 Å². The summed E-state index contributed by atoms with van der Waals surface area (Å²) < 4.78 is 4.20. The average Bonchev–Trinajstić information content (AvgIpc) is 2.60. The molecule has 1 aromatic carbocycles. The van der Waals surface area contributed by atoms with Gasteiger partial charge in [0.05, 0.1) is 0 Å². The van der Waals surface area contributed by atoms with E-state index in [0.29, 0.717) is 5.56 Å². The summed E-state index contributed by atoms with van der Waals surface area (Å²) in [5.74, 6) is -0.768. The van der Waals surface area contributed by atoms with E-state index in [4.69, 9.17) is 5.73 Å². The highest BCUT2D eigenvalue weighted by Gasteiger charge is 2.23. The van der Waals surface area contributed by atoms with Crippen molar-refractivity contribution in [3.05, 3.63) is 46.8 Å². The molecule has 2 rings (SSSR count). The Labute approximate surface area is 84.4 Å². The Morgan fingerprint density at radius 3 is 2.60 bits per heavy atom. The number of ketones is 1. The van der Waals surface area contributed by atoms with Crippen molar-refractivity contribution in [2.75, 3.05) is 5.73 Å². The molecule has 0 saturated carbocycles. The van der Waals surface area contributed by atoms with Crippen LogP contribution in [0.5, 0.6) is 0 Å². The molecule has 0 bridgehead atoms. The van der Waals surface area contributed by atoms with E-state index < -0.39 is 5.78 Å². The maximum Gasteiger partial charge on any atom is 0.303 e. The molecule has 0 saturated heterocycles. The molecule has 6 heteroatoms. The lowest BCUT2D eigenvalue weighted by atomic mass is 10.1. The maximum atomic E-state index is 11.7. The zero-order valence-electron chi connectivity index (χ0n) is 7.58. The molecular weight excluding hydrogens is 198 g/mol. The van der Waals surface area contributed by atoms with Crippen LogP contribution in [0.2, 0.25) is 0 Å². The second kappa shape index (κ2) is 3.41.